The van der Waals surface area contributed by atoms with Gasteiger partial charge in [0.1, 0.15) is 0 Å². The molecule has 1 rings (SSSR count). The number of carbonyl (C=O) groups excluding carboxylic acids is 1. The minimum Gasteiger partial charge on any atom is -0.335 e. The van der Waals surface area contributed by atoms with Crippen molar-refractivity contribution in [1.82, 2.24) is 5.32 Å². The molecule has 2 amide bonds. The normalized spacial score (nSPS) is 13.7. The number of halogens is 1. The van der Waals surface area contributed by atoms with Gasteiger partial charge in [0.15, 0.2) is 0 Å². The van der Waals surface area contributed by atoms with Crippen LogP contribution in [0.4, 0.5) is 10.5 Å². The van der Waals surface area contributed by atoms with Crippen LogP contribution in [-0.4, -0.2) is 12.1 Å². The maximum absolute atomic E-state index is 12.2. The Morgan fingerprint density at radius 2 is 1.77 bits per heavy atom. The van der Waals surface area contributed by atoms with E-state index < -0.39 is 0 Å². The molecule has 4 heteroatoms. The average molecular weight is 369 g/mol. The smallest absolute Gasteiger partial charge is 0.319 e. The number of benzene rings is 1. The molecule has 1 aromatic carbocycles. The zero-order valence-electron chi connectivity index (χ0n) is 14.2. The van der Waals surface area contributed by atoms with Crippen LogP contribution in [-0.2, 0) is 0 Å². The summed E-state index contributed by atoms with van der Waals surface area (Å²) in [6.45, 7) is 8.88. The molecule has 0 radical (unpaired) electrons. The van der Waals surface area contributed by atoms with Crippen molar-refractivity contribution in [3.05, 3.63) is 28.7 Å². The lowest BCUT2D eigenvalue weighted by atomic mass is 9.92. The van der Waals surface area contributed by atoms with Crippen LogP contribution < -0.4 is 10.6 Å². The predicted octanol–water partition coefficient (Wildman–Crippen LogP) is 5.81. The lowest BCUT2D eigenvalue weighted by Gasteiger charge is -2.24. The third kappa shape index (κ3) is 7.83. The van der Waals surface area contributed by atoms with E-state index in [9.17, 15) is 4.79 Å². The summed E-state index contributed by atoms with van der Waals surface area (Å²) in [6, 6.07) is 7.74. The lowest BCUT2D eigenvalue weighted by molar-refractivity contribution is 0.242. The van der Waals surface area contributed by atoms with Crippen LogP contribution in [0, 0.1) is 11.8 Å². The van der Waals surface area contributed by atoms with Gasteiger partial charge in [0, 0.05) is 16.2 Å². The van der Waals surface area contributed by atoms with E-state index in [1.807, 2.05) is 24.3 Å². The van der Waals surface area contributed by atoms with Crippen molar-refractivity contribution in [3.63, 3.8) is 0 Å². The van der Waals surface area contributed by atoms with Gasteiger partial charge in [0.25, 0.3) is 0 Å². The zero-order chi connectivity index (χ0) is 16.5. The summed E-state index contributed by atoms with van der Waals surface area (Å²) in [7, 11) is 0. The Balaban J connectivity index is 2.55. The second-order valence-corrected chi connectivity index (χ2v) is 7.48. The Morgan fingerprint density at radius 1 is 1.14 bits per heavy atom. The van der Waals surface area contributed by atoms with E-state index in [1.165, 1.54) is 12.8 Å². The topological polar surface area (TPSA) is 41.1 Å². The lowest BCUT2D eigenvalue weighted by Crippen LogP contribution is -2.39. The fourth-order valence-electron chi connectivity index (χ4n) is 2.77. The molecule has 124 valence electrons. The molecule has 0 aromatic heterocycles. The number of anilines is 1. The molecule has 22 heavy (non-hydrogen) atoms. The molecule has 0 saturated heterocycles. The van der Waals surface area contributed by atoms with Crippen molar-refractivity contribution in [2.75, 3.05) is 5.32 Å². The molecule has 0 fully saturated rings. The highest BCUT2D eigenvalue weighted by molar-refractivity contribution is 9.10. The van der Waals surface area contributed by atoms with Gasteiger partial charge in [-0.3, -0.25) is 0 Å². The summed E-state index contributed by atoms with van der Waals surface area (Å²) in [6.07, 6.45) is 4.47. The van der Waals surface area contributed by atoms with Crippen molar-refractivity contribution >= 4 is 27.6 Å². The number of rotatable bonds is 8. The van der Waals surface area contributed by atoms with Crippen LogP contribution in [0.5, 0.6) is 0 Å². The van der Waals surface area contributed by atoms with Crippen LogP contribution in [0.1, 0.15) is 53.4 Å². The van der Waals surface area contributed by atoms with E-state index in [-0.39, 0.29) is 12.1 Å². The molecule has 0 spiro atoms. The standard InChI is InChI=1S/C18H29BrN2O/c1-5-6-14(4)12-17(11-13(2)3)21-18(22)20-16-9-7-15(19)8-10-16/h7-10,13-14,17H,5-6,11-12H2,1-4H3,(H2,20,21,22)/t14-,17-/m0/s1. The minimum atomic E-state index is -0.114. The van der Waals surface area contributed by atoms with E-state index in [4.69, 9.17) is 0 Å². The molecule has 0 aliphatic heterocycles. The van der Waals surface area contributed by atoms with Crippen LogP contribution in [0.25, 0.3) is 0 Å². The Bertz CT molecular complexity index is 445. The molecule has 2 N–H and O–H groups in total. The molecule has 3 nitrogen and oxygen atoms in total. The van der Waals surface area contributed by atoms with E-state index >= 15 is 0 Å². The summed E-state index contributed by atoms with van der Waals surface area (Å²) in [5, 5.41) is 6.05. The molecule has 0 heterocycles. The van der Waals surface area contributed by atoms with Gasteiger partial charge in [-0.1, -0.05) is 56.5 Å². The monoisotopic (exact) mass is 368 g/mol. The second kappa shape index (κ2) is 9.88. The van der Waals surface area contributed by atoms with Crippen LogP contribution in [0.2, 0.25) is 0 Å². The first-order chi connectivity index (χ1) is 10.4. The quantitative estimate of drug-likeness (QED) is 0.596. The summed E-state index contributed by atoms with van der Waals surface area (Å²) in [4.78, 5) is 12.2. The molecule has 2 atom stereocenters. The minimum absolute atomic E-state index is 0.114. The first kappa shape index (κ1) is 19.0. The Labute approximate surface area is 143 Å². The molecule has 0 unspecified atom stereocenters. The van der Waals surface area contributed by atoms with Gasteiger partial charge < -0.3 is 10.6 Å². The highest BCUT2D eigenvalue weighted by atomic mass is 79.9. The fourth-order valence-corrected chi connectivity index (χ4v) is 3.03. The molecule has 0 aliphatic rings. The van der Waals surface area contributed by atoms with Gasteiger partial charge in [0.05, 0.1) is 0 Å². The molecular weight excluding hydrogens is 340 g/mol. The summed E-state index contributed by atoms with van der Waals surface area (Å²) in [5.41, 5.74) is 0.811. The van der Waals surface area contributed by atoms with Gasteiger partial charge >= 0.3 is 6.03 Å². The van der Waals surface area contributed by atoms with Crippen LogP contribution in [0.3, 0.4) is 0 Å². The summed E-state index contributed by atoms with van der Waals surface area (Å²) < 4.78 is 1.00. The average Bonchev–Trinajstić information content (AvgIpc) is 2.40. The number of nitrogens with one attached hydrogen (secondary N) is 2. The molecule has 1 aromatic rings. The van der Waals surface area contributed by atoms with E-state index in [2.05, 4.69) is 54.3 Å². The van der Waals surface area contributed by atoms with Gasteiger partial charge in [-0.15, -0.1) is 0 Å². The van der Waals surface area contributed by atoms with Crippen molar-refractivity contribution in [3.8, 4) is 0 Å². The molecule has 0 aliphatic carbocycles. The third-order valence-electron chi connectivity index (χ3n) is 3.66. The Kier molecular flexibility index (Phi) is 8.54. The van der Waals surface area contributed by atoms with Crippen molar-refractivity contribution in [2.24, 2.45) is 11.8 Å². The zero-order valence-corrected chi connectivity index (χ0v) is 15.7. The highest BCUT2D eigenvalue weighted by Crippen LogP contribution is 2.18. The first-order valence-corrected chi connectivity index (χ1v) is 9.03. The van der Waals surface area contributed by atoms with E-state index in [0.29, 0.717) is 11.8 Å². The SMILES string of the molecule is CCC[C@H](C)C[C@H](CC(C)C)NC(=O)Nc1ccc(Br)cc1. The number of amides is 2. The third-order valence-corrected chi connectivity index (χ3v) is 4.19. The van der Waals surface area contributed by atoms with E-state index in [0.717, 1.165) is 23.0 Å². The second-order valence-electron chi connectivity index (χ2n) is 6.56. The molecule has 0 saturated carbocycles. The summed E-state index contributed by atoms with van der Waals surface area (Å²) in [5.74, 6) is 1.22. The predicted molar refractivity (Wildman–Crippen MR) is 98.2 cm³/mol. The first-order valence-electron chi connectivity index (χ1n) is 8.23. The largest absolute Gasteiger partial charge is 0.335 e. The maximum atomic E-state index is 12.2. The number of hydrogen-bond donors (Lipinski definition) is 2. The molecular formula is C18H29BrN2O. The van der Waals surface area contributed by atoms with Gasteiger partial charge in [-0.2, -0.15) is 0 Å². The van der Waals surface area contributed by atoms with Crippen LogP contribution in [0.15, 0.2) is 28.7 Å². The maximum Gasteiger partial charge on any atom is 0.319 e. The van der Waals surface area contributed by atoms with E-state index in [1.54, 1.807) is 0 Å². The molecule has 0 bridgehead atoms. The van der Waals surface area contributed by atoms with Gasteiger partial charge in [-0.25, -0.2) is 4.79 Å². The van der Waals surface area contributed by atoms with Crippen molar-refractivity contribution < 1.29 is 4.79 Å². The van der Waals surface area contributed by atoms with Gasteiger partial charge in [-0.05, 0) is 48.9 Å². The fraction of sp³-hybridized carbons (Fsp3) is 0.611. The van der Waals surface area contributed by atoms with Crippen molar-refractivity contribution in [2.45, 2.75) is 59.4 Å². The highest BCUT2D eigenvalue weighted by Gasteiger charge is 2.17. The summed E-state index contributed by atoms with van der Waals surface area (Å²) >= 11 is 3.39. The number of carbonyl (C=O) groups is 1. The number of hydrogen-bond acceptors (Lipinski definition) is 1. The Hall–Kier alpha value is -1.03. The number of urea groups is 1. The Morgan fingerprint density at radius 3 is 2.32 bits per heavy atom. The van der Waals surface area contributed by atoms with Crippen LogP contribution >= 0.6 is 15.9 Å². The van der Waals surface area contributed by atoms with Crippen molar-refractivity contribution in [1.29, 1.82) is 0 Å². The van der Waals surface area contributed by atoms with Gasteiger partial charge in [0.2, 0.25) is 0 Å².